The standard InChI is InChI=1S/C20H24N6O4S/c21-20-25-14(11-30-20)6-3-12-1-4-13(5-2-12)24-17(27)15-9-23-16(10-22-15)26-7-8-31-19(29)18(26)28/h1-2,4-5,9-10,14H,3,6-8,11H2,31H4,(H2,21,25)(H,24,27)/t14-/m0/s1. The molecule has 1 aromatic heterocycles. The van der Waals surface area contributed by atoms with Crippen LogP contribution < -0.4 is 16.0 Å². The molecule has 0 bridgehead atoms. The summed E-state index contributed by atoms with van der Waals surface area (Å²) in [6.45, 7) is 0.987. The number of ether oxygens (including phenoxy) is 1. The van der Waals surface area contributed by atoms with Gasteiger partial charge in [-0.05, 0) is 36.3 Å². The fourth-order valence-corrected chi connectivity index (χ4v) is 4.62. The molecule has 4 rings (SSSR count). The normalized spacial score (nSPS) is 18.8. The van der Waals surface area contributed by atoms with Crippen LogP contribution in [0.4, 0.5) is 11.5 Å². The Hall–Kier alpha value is -3.47. The van der Waals surface area contributed by atoms with Crippen molar-refractivity contribution in [1.29, 1.82) is 0 Å². The van der Waals surface area contributed by atoms with Gasteiger partial charge >= 0.3 is 5.91 Å². The Kier molecular flexibility index (Phi) is 6.12. The molecule has 2 aliphatic rings. The minimum Gasteiger partial charge on any atom is -0.463 e. The summed E-state index contributed by atoms with van der Waals surface area (Å²) in [6, 6.07) is 7.85. The second-order valence-electron chi connectivity index (χ2n) is 7.37. The Bertz CT molecular complexity index is 1020. The molecule has 2 aliphatic heterocycles. The van der Waals surface area contributed by atoms with Gasteiger partial charge in [0.25, 0.3) is 11.9 Å². The lowest BCUT2D eigenvalue weighted by atomic mass is 10.1. The van der Waals surface area contributed by atoms with Crippen LogP contribution in [-0.4, -0.2) is 57.9 Å². The van der Waals surface area contributed by atoms with Crippen LogP contribution in [0.3, 0.4) is 0 Å². The van der Waals surface area contributed by atoms with Crippen LogP contribution in [0.5, 0.6) is 0 Å². The third kappa shape index (κ3) is 5.00. The molecule has 0 saturated carbocycles. The molecule has 2 aromatic rings. The third-order valence-corrected chi connectivity index (χ3v) is 6.55. The number of nitrogens with two attached hydrogens (primary N) is 1. The van der Waals surface area contributed by atoms with Crippen molar-refractivity contribution in [3.05, 3.63) is 47.9 Å². The number of amidine groups is 1. The number of nitrogens with zero attached hydrogens (tertiary/aromatic N) is 4. The Morgan fingerprint density at radius 3 is 2.71 bits per heavy atom. The van der Waals surface area contributed by atoms with E-state index in [0.717, 1.165) is 24.2 Å². The van der Waals surface area contributed by atoms with Gasteiger partial charge in [0, 0.05) is 12.2 Å². The van der Waals surface area contributed by atoms with Crippen molar-refractivity contribution < 1.29 is 19.1 Å². The third-order valence-electron chi connectivity index (χ3n) is 5.13. The Morgan fingerprint density at radius 2 is 2.03 bits per heavy atom. The van der Waals surface area contributed by atoms with Crippen molar-refractivity contribution in [1.82, 2.24) is 9.97 Å². The van der Waals surface area contributed by atoms with Crippen molar-refractivity contribution in [3.63, 3.8) is 0 Å². The highest BCUT2D eigenvalue weighted by Gasteiger charge is 2.27. The summed E-state index contributed by atoms with van der Waals surface area (Å²) in [5.74, 6) is 0.0697. The van der Waals surface area contributed by atoms with Gasteiger partial charge in [-0.15, -0.1) is 0 Å². The summed E-state index contributed by atoms with van der Waals surface area (Å²) in [6.07, 6.45) is 4.31. The average Bonchev–Trinajstić information content (AvgIpc) is 3.20. The molecule has 0 spiro atoms. The first-order chi connectivity index (χ1) is 15.0. The first kappa shape index (κ1) is 20.8. The lowest BCUT2D eigenvalue weighted by molar-refractivity contribution is -0.131. The zero-order valence-corrected chi connectivity index (χ0v) is 18.2. The van der Waals surface area contributed by atoms with Crippen molar-refractivity contribution in [3.8, 4) is 0 Å². The number of aryl methyl sites for hydroxylation is 1. The minimum absolute atomic E-state index is 0.0846. The molecule has 10 nitrogen and oxygen atoms in total. The largest absolute Gasteiger partial charge is 0.463 e. The maximum absolute atomic E-state index is 12.5. The van der Waals surface area contributed by atoms with E-state index in [4.69, 9.17) is 10.5 Å². The van der Waals surface area contributed by atoms with E-state index >= 15 is 0 Å². The van der Waals surface area contributed by atoms with Gasteiger partial charge < -0.3 is 15.8 Å². The summed E-state index contributed by atoms with van der Waals surface area (Å²) in [5, 5.41) is 2.48. The summed E-state index contributed by atoms with van der Waals surface area (Å²) < 4.78 is 5.15. The first-order valence-electron chi connectivity index (χ1n) is 10.0. The van der Waals surface area contributed by atoms with Gasteiger partial charge in [-0.1, -0.05) is 12.1 Å². The number of hydrogen-bond donors (Lipinski definition) is 2. The van der Waals surface area contributed by atoms with E-state index in [1.807, 2.05) is 24.3 Å². The zero-order chi connectivity index (χ0) is 21.8. The van der Waals surface area contributed by atoms with Crippen LogP contribution in [0, 0.1) is 0 Å². The van der Waals surface area contributed by atoms with Gasteiger partial charge in [-0.25, -0.2) is 26.7 Å². The van der Waals surface area contributed by atoms with E-state index in [0.29, 0.717) is 18.8 Å². The highest BCUT2D eigenvalue weighted by molar-refractivity contribution is 8.15. The van der Waals surface area contributed by atoms with Crippen molar-refractivity contribution in [2.75, 3.05) is 29.1 Å². The molecule has 164 valence electrons. The lowest BCUT2D eigenvalue weighted by Crippen LogP contribution is -2.41. The zero-order valence-electron chi connectivity index (χ0n) is 16.8. The van der Waals surface area contributed by atoms with Crippen LogP contribution >= 0.6 is 11.8 Å². The van der Waals surface area contributed by atoms with E-state index in [1.54, 1.807) is 0 Å². The quantitative estimate of drug-likeness (QED) is 0.594. The smallest absolute Gasteiger partial charge is 0.303 e. The van der Waals surface area contributed by atoms with Gasteiger partial charge in [-0.3, -0.25) is 19.3 Å². The lowest BCUT2D eigenvalue weighted by Gasteiger charge is -2.25. The molecular weight excluding hydrogens is 420 g/mol. The van der Waals surface area contributed by atoms with E-state index in [1.165, 1.54) is 17.3 Å². The summed E-state index contributed by atoms with van der Waals surface area (Å²) >= 11 is -0.977. The van der Waals surface area contributed by atoms with Crippen molar-refractivity contribution in [2.24, 2.45) is 10.7 Å². The average molecular weight is 445 g/mol. The Morgan fingerprint density at radius 1 is 1.23 bits per heavy atom. The highest BCUT2D eigenvalue weighted by atomic mass is 32.2. The number of aromatic nitrogens is 2. The number of nitrogens with one attached hydrogen (secondary N) is 1. The van der Waals surface area contributed by atoms with Gasteiger partial charge in [0.1, 0.15) is 12.3 Å². The monoisotopic (exact) mass is 444 g/mol. The number of rotatable bonds is 6. The molecule has 0 radical (unpaired) electrons. The van der Waals surface area contributed by atoms with Crippen LogP contribution in [0.25, 0.3) is 0 Å². The molecule has 0 unspecified atom stereocenters. The van der Waals surface area contributed by atoms with Gasteiger partial charge in [0.05, 0.1) is 18.4 Å². The maximum atomic E-state index is 12.5. The Balaban J connectivity index is 1.32. The second-order valence-corrected chi connectivity index (χ2v) is 9.21. The molecule has 0 aliphatic carbocycles. The first-order valence-corrected chi connectivity index (χ1v) is 11.7. The number of carbonyl (C=O) groups excluding carboxylic acids is 3. The second kappa shape index (κ2) is 9.13. The number of amides is 2. The molecule has 3 heterocycles. The van der Waals surface area contributed by atoms with Crippen molar-refractivity contribution >= 4 is 46.2 Å². The minimum atomic E-state index is -0.977. The van der Waals surface area contributed by atoms with Gasteiger partial charge in [0.15, 0.2) is 5.82 Å². The summed E-state index contributed by atoms with van der Waals surface area (Å²) in [7, 11) is 0. The molecule has 1 fully saturated rings. The summed E-state index contributed by atoms with van der Waals surface area (Å²) in [4.78, 5) is 49.9. The fourth-order valence-electron chi connectivity index (χ4n) is 3.42. The molecular formula is C20H24N6O4S. The summed E-state index contributed by atoms with van der Waals surface area (Å²) in [5.41, 5.74) is 7.38. The van der Waals surface area contributed by atoms with E-state index in [2.05, 4.69) is 20.3 Å². The predicted molar refractivity (Wildman–Crippen MR) is 122 cm³/mol. The SMILES string of the molecule is NC1=N[C@@H](CCc2ccc(NC(=O)c3cnc(N4CC[SH4]C(=O)C4=O)cn3)cc2)CO1. The van der Waals surface area contributed by atoms with Crippen LogP contribution in [0.15, 0.2) is 41.7 Å². The molecule has 31 heavy (non-hydrogen) atoms. The van der Waals surface area contributed by atoms with Crippen molar-refractivity contribution in [2.45, 2.75) is 18.9 Å². The number of benzene rings is 1. The van der Waals surface area contributed by atoms with Crippen LogP contribution in [0.1, 0.15) is 22.5 Å². The maximum Gasteiger partial charge on any atom is 0.303 e. The fraction of sp³-hybridized carbons (Fsp3) is 0.300. The number of carbonyl (C=O) groups is 3. The molecule has 1 saturated heterocycles. The van der Waals surface area contributed by atoms with Gasteiger partial charge in [-0.2, -0.15) is 0 Å². The number of anilines is 2. The van der Waals surface area contributed by atoms with Crippen LogP contribution in [0.2, 0.25) is 0 Å². The number of aliphatic imine (C=N–C) groups is 1. The highest BCUT2D eigenvalue weighted by Crippen LogP contribution is 2.19. The van der Waals surface area contributed by atoms with Crippen LogP contribution in [-0.2, 0) is 20.7 Å². The molecule has 11 heteroatoms. The van der Waals surface area contributed by atoms with Gasteiger partial charge in [0.2, 0.25) is 5.12 Å². The molecule has 3 N–H and O–H groups in total. The molecule has 1 atom stereocenters. The predicted octanol–water partition coefficient (Wildman–Crippen LogP) is -0.0894. The molecule has 1 aromatic carbocycles. The Labute approximate surface area is 182 Å². The molecule has 2 amide bonds. The van der Waals surface area contributed by atoms with E-state index in [-0.39, 0.29) is 28.7 Å². The topological polar surface area (TPSA) is 140 Å². The number of hydrogen-bond acceptors (Lipinski definition) is 8. The van der Waals surface area contributed by atoms with E-state index < -0.39 is 23.6 Å². The van der Waals surface area contributed by atoms with E-state index in [9.17, 15) is 14.4 Å².